The third kappa shape index (κ3) is 2.54. The van der Waals surface area contributed by atoms with Crippen LogP contribution in [0.3, 0.4) is 0 Å². The fourth-order valence-electron chi connectivity index (χ4n) is 2.27. The number of ether oxygens (including phenoxy) is 1. The van der Waals surface area contributed by atoms with Crippen molar-refractivity contribution in [1.82, 2.24) is 14.8 Å². The van der Waals surface area contributed by atoms with Crippen LogP contribution in [0.4, 0.5) is 0 Å². The number of ketones is 1. The molecule has 1 aromatic rings. The van der Waals surface area contributed by atoms with Gasteiger partial charge < -0.3 is 4.74 Å². The zero-order valence-electron chi connectivity index (χ0n) is 10.6. The smallest absolute Gasteiger partial charge is 0.146 e. The molecule has 1 fully saturated rings. The van der Waals surface area contributed by atoms with Gasteiger partial charge in [0.2, 0.25) is 0 Å². The van der Waals surface area contributed by atoms with Crippen LogP contribution in [-0.4, -0.2) is 33.3 Å². The van der Waals surface area contributed by atoms with Crippen LogP contribution in [0.5, 0.6) is 0 Å². The molecule has 2 atom stereocenters. The van der Waals surface area contributed by atoms with Gasteiger partial charge in [-0.1, -0.05) is 0 Å². The van der Waals surface area contributed by atoms with Gasteiger partial charge in [0, 0.05) is 18.6 Å². The van der Waals surface area contributed by atoms with E-state index in [2.05, 4.69) is 10.1 Å². The zero-order valence-corrected chi connectivity index (χ0v) is 10.6. The molecule has 0 N–H and O–H groups in total. The molecule has 0 bridgehead atoms. The van der Waals surface area contributed by atoms with E-state index >= 15 is 0 Å². The van der Waals surface area contributed by atoms with Gasteiger partial charge >= 0.3 is 0 Å². The summed E-state index contributed by atoms with van der Waals surface area (Å²) in [6.45, 7) is 6.71. The van der Waals surface area contributed by atoms with Gasteiger partial charge in [0.05, 0.1) is 12.5 Å². The highest BCUT2D eigenvalue weighted by molar-refractivity contribution is 5.83. The lowest BCUT2D eigenvalue weighted by molar-refractivity contribution is -0.123. The molecule has 5 heteroatoms. The van der Waals surface area contributed by atoms with Crippen LogP contribution in [0.2, 0.25) is 0 Å². The van der Waals surface area contributed by atoms with E-state index in [4.69, 9.17) is 4.74 Å². The Morgan fingerprint density at radius 1 is 1.65 bits per heavy atom. The first-order chi connectivity index (χ1) is 8.09. The summed E-state index contributed by atoms with van der Waals surface area (Å²) in [6.07, 6.45) is 2.74. The first-order valence-corrected chi connectivity index (χ1v) is 6.12. The standard InChI is InChI=1S/C12H19N3O2/c1-8(2)15-12(13-7-14-15)6-11(16)10-4-5-17-9(10)3/h7-10H,4-6H2,1-3H3. The molecule has 2 unspecified atom stereocenters. The van der Waals surface area contributed by atoms with Crippen LogP contribution in [-0.2, 0) is 16.0 Å². The number of Topliss-reactive ketones (excluding diaryl/α,β-unsaturated/α-hetero) is 1. The fraction of sp³-hybridized carbons (Fsp3) is 0.750. The van der Waals surface area contributed by atoms with Gasteiger partial charge in [0.15, 0.2) is 0 Å². The second kappa shape index (κ2) is 4.96. The van der Waals surface area contributed by atoms with Crippen molar-refractivity contribution in [1.29, 1.82) is 0 Å². The van der Waals surface area contributed by atoms with Crippen molar-refractivity contribution in [3.63, 3.8) is 0 Å². The van der Waals surface area contributed by atoms with Crippen molar-refractivity contribution in [3.8, 4) is 0 Å². The lowest BCUT2D eigenvalue weighted by atomic mass is 9.95. The number of carbonyl (C=O) groups is 1. The summed E-state index contributed by atoms with van der Waals surface area (Å²) in [5, 5.41) is 4.14. The maximum atomic E-state index is 12.1. The first-order valence-electron chi connectivity index (χ1n) is 6.12. The number of aromatic nitrogens is 3. The lowest BCUT2D eigenvalue weighted by Crippen LogP contribution is -2.25. The lowest BCUT2D eigenvalue weighted by Gasteiger charge is -2.13. The third-order valence-corrected chi connectivity index (χ3v) is 3.26. The number of nitrogens with zero attached hydrogens (tertiary/aromatic N) is 3. The molecule has 0 saturated carbocycles. The third-order valence-electron chi connectivity index (χ3n) is 3.26. The summed E-state index contributed by atoms with van der Waals surface area (Å²) in [5.74, 6) is 0.987. The molecule has 0 spiro atoms. The Morgan fingerprint density at radius 3 is 3.00 bits per heavy atom. The van der Waals surface area contributed by atoms with Gasteiger partial charge in [-0.25, -0.2) is 9.67 Å². The molecule has 0 aromatic carbocycles. The van der Waals surface area contributed by atoms with Crippen LogP contribution < -0.4 is 0 Å². The highest BCUT2D eigenvalue weighted by atomic mass is 16.5. The van der Waals surface area contributed by atoms with E-state index in [1.165, 1.54) is 6.33 Å². The van der Waals surface area contributed by atoms with E-state index in [0.717, 1.165) is 12.2 Å². The Balaban J connectivity index is 2.05. The van der Waals surface area contributed by atoms with Crippen molar-refractivity contribution >= 4 is 5.78 Å². The van der Waals surface area contributed by atoms with Crippen LogP contribution in [0.1, 0.15) is 39.1 Å². The van der Waals surface area contributed by atoms with Gasteiger partial charge in [-0.2, -0.15) is 5.10 Å². The summed E-state index contributed by atoms with van der Waals surface area (Å²) in [7, 11) is 0. The Hall–Kier alpha value is -1.23. The SMILES string of the molecule is CC1OCCC1C(=O)Cc1ncnn1C(C)C. The normalized spacial score (nSPS) is 24.5. The second-order valence-corrected chi connectivity index (χ2v) is 4.83. The minimum Gasteiger partial charge on any atom is -0.378 e. The Bertz CT molecular complexity index is 400. The molecule has 5 nitrogen and oxygen atoms in total. The average molecular weight is 237 g/mol. The topological polar surface area (TPSA) is 57.0 Å². The maximum absolute atomic E-state index is 12.1. The molecule has 0 radical (unpaired) electrons. The summed E-state index contributed by atoms with van der Waals surface area (Å²) in [4.78, 5) is 16.3. The Labute approximate surface area is 101 Å². The summed E-state index contributed by atoms with van der Waals surface area (Å²) < 4.78 is 7.22. The van der Waals surface area contributed by atoms with E-state index in [0.29, 0.717) is 13.0 Å². The zero-order chi connectivity index (χ0) is 12.4. The molecule has 2 rings (SSSR count). The minimum atomic E-state index is 0.0207. The van der Waals surface area contributed by atoms with E-state index < -0.39 is 0 Å². The van der Waals surface area contributed by atoms with Crippen molar-refractivity contribution in [2.45, 2.75) is 45.8 Å². The fourth-order valence-corrected chi connectivity index (χ4v) is 2.27. The number of rotatable bonds is 4. The largest absolute Gasteiger partial charge is 0.378 e. The second-order valence-electron chi connectivity index (χ2n) is 4.83. The van der Waals surface area contributed by atoms with E-state index in [-0.39, 0.29) is 23.8 Å². The molecule has 1 aliphatic rings. The number of carbonyl (C=O) groups excluding carboxylic acids is 1. The van der Waals surface area contributed by atoms with Crippen LogP contribution in [0.25, 0.3) is 0 Å². The van der Waals surface area contributed by atoms with Gasteiger partial charge in [-0.15, -0.1) is 0 Å². The van der Waals surface area contributed by atoms with E-state index in [9.17, 15) is 4.79 Å². The monoisotopic (exact) mass is 237 g/mol. The van der Waals surface area contributed by atoms with Gasteiger partial charge in [0.1, 0.15) is 17.9 Å². The van der Waals surface area contributed by atoms with E-state index in [1.54, 1.807) is 4.68 Å². The molecule has 0 amide bonds. The van der Waals surface area contributed by atoms with Gasteiger partial charge in [-0.3, -0.25) is 4.79 Å². The molecule has 17 heavy (non-hydrogen) atoms. The van der Waals surface area contributed by atoms with E-state index in [1.807, 2.05) is 20.8 Å². The molecular formula is C12H19N3O2. The molecule has 1 saturated heterocycles. The molecule has 1 aromatic heterocycles. The van der Waals surface area contributed by atoms with Crippen molar-refractivity contribution < 1.29 is 9.53 Å². The minimum absolute atomic E-state index is 0.0207. The first kappa shape index (κ1) is 12.2. The molecular weight excluding hydrogens is 218 g/mol. The Morgan fingerprint density at radius 2 is 2.41 bits per heavy atom. The Kier molecular flexibility index (Phi) is 3.57. The highest BCUT2D eigenvalue weighted by Crippen LogP contribution is 2.22. The summed E-state index contributed by atoms with van der Waals surface area (Å²) in [5.41, 5.74) is 0. The highest BCUT2D eigenvalue weighted by Gasteiger charge is 2.31. The summed E-state index contributed by atoms with van der Waals surface area (Å²) >= 11 is 0. The quantitative estimate of drug-likeness (QED) is 0.794. The van der Waals surface area contributed by atoms with Crippen LogP contribution in [0, 0.1) is 5.92 Å². The van der Waals surface area contributed by atoms with Crippen molar-refractivity contribution in [2.75, 3.05) is 6.61 Å². The van der Waals surface area contributed by atoms with Gasteiger partial charge in [0.25, 0.3) is 0 Å². The van der Waals surface area contributed by atoms with Crippen LogP contribution >= 0.6 is 0 Å². The molecule has 94 valence electrons. The number of hydrogen-bond acceptors (Lipinski definition) is 4. The number of hydrogen-bond donors (Lipinski definition) is 0. The molecule has 1 aliphatic heterocycles. The van der Waals surface area contributed by atoms with Crippen LogP contribution in [0.15, 0.2) is 6.33 Å². The predicted octanol–water partition coefficient (Wildman–Crippen LogP) is 1.40. The van der Waals surface area contributed by atoms with Crippen molar-refractivity contribution in [3.05, 3.63) is 12.2 Å². The average Bonchev–Trinajstić information content (AvgIpc) is 2.86. The predicted molar refractivity (Wildman–Crippen MR) is 62.6 cm³/mol. The maximum Gasteiger partial charge on any atom is 0.146 e. The molecule has 0 aliphatic carbocycles. The van der Waals surface area contributed by atoms with Crippen molar-refractivity contribution in [2.24, 2.45) is 5.92 Å². The molecule has 2 heterocycles. The summed E-state index contributed by atoms with van der Waals surface area (Å²) in [6, 6.07) is 0.234. The van der Waals surface area contributed by atoms with Gasteiger partial charge in [-0.05, 0) is 27.2 Å².